The van der Waals surface area contributed by atoms with E-state index in [0.29, 0.717) is 12.1 Å². The Morgan fingerprint density at radius 2 is 0.818 bits per heavy atom. The van der Waals surface area contributed by atoms with Gasteiger partial charge in [0.05, 0.1) is 28.9 Å². The molecular formula is C19H10F12N2. The van der Waals surface area contributed by atoms with Crippen LogP contribution in [0, 0.1) is 0 Å². The highest BCUT2D eigenvalue weighted by Gasteiger charge is 2.46. The van der Waals surface area contributed by atoms with E-state index in [1.165, 1.54) is 0 Å². The predicted octanol–water partition coefficient (Wildman–Crippen LogP) is 7.06. The zero-order valence-corrected chi connectivity index (χ0v) is 15.9. The molecule has 0 saturated carbocycles. The van der Waals surface area contributed by atoms with Gasteiger partial charge >= 0.3 is 24.7 Å². The summed E-state index contributed by atoms with van der Waals surface area (Å²) in [5.41, 5.74) is -9.09. The molecule has 0 saturated heterocycles. The van der Waals surface area contributed by atoms with E-state index in [0.717, 1.165) is 9.80 Å². The zero-order chi connectivity index (χ0) is 24.7. The molecule has 0 aromatic heterocycles. The number of alkyl halides is 12. The number of hydrogen-bond donors (Lipinski definition) is 0. The molecule has 4 rings (SSSR count). The normalized spacial score (nSPS) is 16.6. The Kier molecular flexibility index (Phi) is 4.85. The summed E-state index contributed by atoms with van der Waals surface area (Å²) in [7, 11) is 0. The molecule has 2 aliphatic rings. The first-order valence-electron chi connectivity index (χ1n) is 9.00. The average molecular weight is 494 g/mol. The molecule has 33 heavy (non-hydrogen) atoms. The fourth-order valence-electron chi connectivity index (χ4n) is 4.05. The van der Waals surface area contributed by atoms with Crippen LogP contribution >= 0.6 is 0 Å². The van der Waals surface area contributed by atoms with Gasteiger partial charge in [-0.15, -0.1) is 0 Å². The molecule has 2 heterocycles. The lowest BCUT2D eigenvalue weighted by atomic mass is 9.92. The summed E-state index contributed by atoms with van der Waals surface area (Å²) in [5.74, 6) is 0. The highest BCUT2D eigenvalue weighted by molar-refractivity contribution is 5.72. The summed E-state index contributed by atoms with van der Waals surface area (Å²) in [5, 5.41) is 0. The first kappa shape index (κ1) is 23.4. The summed E-state index contributed by atoms with van der Waals surface area (Å²) >= 11 is 0. The SMILES string of the molecule is FC(F)(F)c1cc2c(c(C(F)(F)F)c1)CN1CN2Cc2c1cc(C(F)(F)F)cc2C(F)(F)F. The summed E-state index contributed by atoms with van der Waals surface area (Å²) < 4.78 is 161. The molecule has 0 fully saturated rings. The summed E-state index contributed by atoms with van der Waals surface area (Å²) in [6, 6.07) is 0.584. The van der Waals surface area contributed by atoms with E-state index in [2.05, 4.69) is 0 Å². The Hall–Kier alpha value is -2.80. The fourth-order valence-corrected chi connectivity index (χ4v) is 4.05. The molecule has 180 valence electrons. The smallest absolute Gasteiger partial charge is 0.349 e. The molecule has 0 spiro atoms. The third kappa shape index (κ3) is 4.03. The quantitative estimate of drug-likeness (QED) is 0.362. The first-order valence-corrected chi connectivity index (χ1v) is 9.00. The van der Waals surface area contributed by atoms with Gasteiger partial charge in [0, 0.05) is 35.6 Å². The number of anilines is 2. The van der Waals surface area contributed by atoms with E-state index in [1.54, 1.807) is 0 Å². The lowest BCUT2D eigenvalue weighted by Crippen LogP contribution is -2.47. The second-order valence-corrected chi connectivity index (χ2v) is 7.57. The second-order valence-electron chi connectivity index (χ2n) is 7.57. The van der Waals surface area contributed by atoms with Crippen LogP contribution in [0.5, 0.6) is 0 Å². The number of halogens is 12. The van der Waals surface area contributed by atoms with E-state index in [4.69, 9.17) is 0 Å². The van der Waals surface area contributed by atoms with E-state index in [1.807, 2.05) is 0 Å². The van der Waals surface area contributed by atoms with Crippen molar-refractivity contribution >= 4 is 11.4 Å². The zero-order valence-electron chi connectivity index (χ0n) is 15.9. The molecular weight excluding hydrogens is 484 g/mol. The van der Waals surface area contributed by atoms with Crippen LogP contribution in [0.4, 0.5) is 64.1 Å². The van der Waals surface area contributed by atoms with Gasteiger partial charge in [-0.1, -0.05) is 0 Å². The van der Waals surface area contributed by atoms with Gasteiger partial charge in [0.15, 0.2) is 0 Å². The van der Waals surface area contributed by atoms with Crippen molar-refractivity contribution in [2.45, 2.75) is 37.8 Å². The van der Waals surface area contributed by atoms with Gasteiger partial charge in [-0.3, -0.25) is 0 Å². The molecule has 2 bridgehead atoms. The van der Waals surface area contributed by atoms with Gasteiger partial charge in [0.2, 0.25) is 0 Å². The van der Waals surface area contributed by atoms with Crippen molar-refractivity contribution in [2.24, 2.45) is 0 Å². The minimum Gasteiger partial charge on any atom is -0.349 e. The Morgan fingerprint density at radius 1 is 0.485 bits per heavy atom. The third-order valence-electron chi connectivity index (χ3n) is 5.44. The maximum Gasteiger partial charge on any atom is 0.416 e. The van der Waals surface area contributed by atoms with Crippen LogP contribution in [0.2, 0.25) is 0 Å². The van der Waals surface area contributed by atoms with Gasteiger partial charge in [-0.25, -0.2) is 0 Å². The molecule has 0 unspecified atom stereocenters. The minimum absolute atomic E-state index is 0.115. The largest absolute Gasteiger partial charge is 0.416 e. The summed E-state index contributed by atoms with van der Waals surface area (Å²) in [6.45, 7) is -2.15. The van der Waals surface area contributed by atoms with Crippen LogP contribution in [-0.4, -0.2) is 6.67 Å². The maximum atomic E-state index is 13.6. The van der Waals surface area contributed by atoms with Gasteiger partial charge in [-0.05, 0) is 24.3 Å². The van der Waals surface area contributed by atoms with Crippen LogP contribution in [0.1, 0.15) is 33.4 Å². The monoisotopic (exact) mass is 494 g/mol. The van der Waals surface area contributed by atoms with Crippen molar-refractivity contribution in [2.75, 3.05) is 16.5 Å². The van der Waals surface area contributed by atoms with E-state index in [9.17, 15) is 52.7 Å². The summed E-state index contributed by atoms with van der Waals surface area (Å²) in [6.07, 6.45) is -20.8. The lowest BCUT2D eigenvalue weighted by molar-refractivity contribution is -0.144. The van der Waals surface area contributed by atoms with Crippen molar-refractivity contribution in [3.8, 4) is 0 Å². The molecule has 0 radical (unpaired) electrons. The van der Waals surface area contributed by atoms with Gasteiger partial charge < -0.3 is 9.80 Å². The van der Waals surface area contributed by atoms with E-state index in [-0.39, 0.29) is 12.1 Å². The van der Waals surface area contributed by atoms with Gasteiger partial charge in [-0.2, -0.15) is 52.7 Å². The second kappa shape index (κ2) is 6.86. The Morgan fingerprint density at radius 3 is 1.09 bits per heavy atom. The Bertz CT molecular complexity index is 1020. The molecule has 14 heteroatoms. The van der Waals surface area contributed by atoms with E-state index >= 15 is 0 Å². The molecule has 0 amide bonds. The number of nitrogens with zero attached hydrogens (tertiary/aromatic N) is 2. The molecule has 2 aromatic carbocycles. The summed E-state index contributed by atoms with van der Waals surface area (Å²) in [4.78, 5) is 1.71. The Labute approximate surface area is 177 Å². The standard InChI is InChI=1S/C19H10F12N2/c20-16(21,22)8-1-12(18(26,27)28)10-5-32-7-33(14(10)3-8)6-11-13(19(29,30)31)2-9(4-15(11)32)17(23,24)25/h1-4H,5-7H2. The van der Waals surface area contributed by atoms with Crippen molar-refractivity contribution in [3.05, 3.63) is 57.6 Å². The third-order valence-corrected chi connectivity index (χ3v) is 5.44. The van der Waals surface area contributed by atoms with Gasteiger partial charge in [0.1, 0.15) is 0 Å². The average Bonchev–Trinajstić information content (AvgIpc) is 2.63. The maximum absolute atomic E-state index is 13.6. The highest BCUT2D eigenvalue weighted by atomic mass is 19.4. The van der Waals surface area contributed by atoms with Crippen molar-refractivity contribution in [1.82, 2.24) is 0 Å². The molecule has 0 N–H and O–H groups in total. The number of hydrogen-bond acceptors (Lipinski definition) is 2. The molecule has 0 aliphatic carbocycles. The van der Waals surface area contributed by atoms with Crippen molar-refractivity contribution in [1.29, 1.82) is 0 Å². The first-order chi connectivity index (χ1) is 14.9. The van der Waals surface area contributed by atoms with Crippen LogP contribution in [0.3, 0.4) is 0 Å². The number of benzene rings is 2. The van der Waals surface area contributed by atoms with Crippen LogP contribution in [0.25, 0.3) is 0 Å². The molecule has 2 aliphatic heterocycles. The minimum atomic E-state index is -5.24. The number of fused-ring (bicyclic) bond motifs is 6. The van der Waals surface area contributed by atoms with E-state index < -0.39 is 89.2 Å². The van der Waals surface area contributed by atoms with Crippen molar-refractivity contribution < 1.29 is 52.7 Å². The molecule has 0 atom stereocenters. The van der Waals surface area contributed by atoms with Crippen LogP contribution in [0.15, 0.2) is 24.3 Å². The highest BCUT2D eigenvalue weighted by Crippen LogP contribution is 2.49. The van der Waals surface area contributed by atoms with Crippen LogP contribution in [-0.2, 0) is 37.8 Å². The number of rotatable bonds is 0. The topological polar surface area (TPSA) is 6.48 Å². The van der Waals surface area contributed by atoms with Gasteiger partial charge in [0.25, 0.3) is 0 Å². The molecule has 2 aromatic rings. The fraction of sp³-hybridized carbons (Fsp3) is 0.368. The lowest BCUT2D eigenvalue weighted by Gasteiger charge is -2.46. The van der Waals surface area contributed by atoms with Crippen LogP contribution < -0.4 is 9.80 Å². The molecule has 2 nitrogen and oxygen atoms in total. The van der Waals surface area contributed by atoms with Crippen molar-refractivity contribution in [3.63, 3.8) is 0 Å². The Balaban J connectivity index is 1.94. The predicted molar refractivity (Wildman–Crippen MR) is 90.1 cm³/mol.